The first-order valence-electron chi connectivity index (χ1n) is 8.25. The number of rotatable bonds is 5. The molecule has 0 aromatic heterocycles. The number of amides is 2. The Morgan fingerprint density at radius 1 is 1.42 bits per heavy atom. The maximum atomic E-state index is 13.4. The number of nitrogens with one attached hydrogen (secondary N) is 2. The molecule has 1 heterocycles. The Hall–Kier alpha value is -2.74. The van der Waals surface area contributed by atoms with E-state index in [1.54, 1.807) is 25.1 Å². The summed E-state index contributed by atoms with van der Waals surface area (Å²) in [4.78, 5) is 34.3. The molecule has 138 valence electrons. The summed E-state index contributed by atoms with van der Waals surface area (Å²) >= 11 is 0. The standard InChI is InChI=1S/C18H20FN3O4/c1-18(10-15(21-26-18)11-4-3-5-13(19)8-11)17(24)20-14-7-6-12(9-14)16(23)22-25-2/h3-6,8,14H,7,9-10H2,1-2H3,(H,20,24)(H,22,23)/t14-,18?/m1/s1. The van der Waals surface area contributed by atoms with Crippen LogP contribution in [-0.4, -0.2) is 36.3 Å². The molecule has 2 aliphatic rings. The Morgan fingerprint density at radius 2 is 2.23 bits per heavy atom. The van der Waals surface area contributed by atoms with Crippen LogP contribution >= 0.6 is 0 Å². The van der Waals surface area contributed by atoms with Gasteiger partial charge >= 0.3 is 0 Å². The molecule has 0 bridgehead atoms. The lowest BCUT2D eigenvalue weighted by atomic mass is 9.94. The monoisotopic (exact) mass is 361 g/mol. The summed E-state index contributed by atoms with van der Waals surface area (Å²) in [6.07, 6.45) is 2.96. The number of hydrogen-bond donors (Lipinski definition) is 2. The highest BCUT2D eigenvalue weighted by Crippen LogP contribution is 2.28. The molecule has 1 aliphatic carbocycles. The van der Waals surface area contributed by atoms with E-state index in [2.05, 4.69) is 20.8 Å². The minimum Gasteiger partial charge on any atom is -0.379 e. The van der Waals surface area contributed by atoms with Gasteiger partial charge in [-0.25, -0.2) is 9.87 Å². The Labute approximate surface area is 150 Å². The van der Waals surface area contributed by atoms with Crippen molar-refractivity contribution in [1.82, 2.24) is 10.8 Å². The average molecular weight is 361 g/mol. The number of hydrogen-bond acceptors (Lipinski definition) is 5. The summed E-state index contributed by atoms with van der Waals surface area (Å²) in [6, 6.07) is 5.80. The molecule has 0 saturated heterocycles. The van der Waals surface area contributed by atoms with Crippen LogP contribution in [0.1, 0.15) is 31.7 Å². The Bertz CT molecular complexity index is 792. The van der Waals surface area contributed by atoms with Crippen molar-refractivity contribution < 1.29 is 23.7 Å². The first-order chi connectivity index (χ1) is 12.4. The molecule has 1 unspecified atom stereocenters. The van der Waals surface area contributed by atoms with Crippen LogP contribution in [0.4, 0.5) is 4.39 Å². The number of hydroxylamine groups is 1. The molecule has 26 heavy (non-hydrogen) atoms. The molecule has 1 aromatic rings. The van der Waals surface area contributed by atoms with Crippen LogP contribution in [-0.2, 0) is 19.3 Å². The van der Waals surface area contributed by atoms with Crippen molar-refractivity contribution in [3.8, 4) is 0 Å². The van der Waals surface area contributed by atoms with Crippen molar-refractivity contribution in [2.24, 2.45) is 5.16 Å². The quantitative estimate of drug-likeness (QED) is 0.780. The second-order valence-corrected chi connectivity index (χ2v) is 6.52. The van der Waals surface area contributed by atoms with Crippen LogP contribution in [0, 0.1) is 5.82 Å². The third-order valence-electron chi connectivity index (χ3n) is 4.44. The highest BCUT2D eigenvalue weighted by atomic mass is 19.1. The molecular weight excluding hydrogens is 341 g/mol. The topological polar surface area (TPSA) is 89.0 Å². The maximum absolute atomic E-state index is 13.4. The van der Waals surface area contributed by atoms with E-state index in [0.717, 1.165) is 0 Å². The molecule has 1 aliphatic heterocycles. The first-order valence-corrected chi connectivity index (χ1v) is 8.25. The van der Waals surface area contributed by atoms with Crippen molar-refractivity contribution in [3.05, 3.63) is 47.3 Å². The van der Waals surface area contributed by atoms with Gasteiger partial charge in [0.1, 0.15) is 5.82 Å². The largest absolute Gasteiger partial charge is 0.379 e. The molecule has 0 radical (unpaired) electrons. The molecule has 7 nitrogen and oxygen atoms in total. The smallest absolute Gasteiger partial charge is 0.270 e. The molecule has 2 atom stereocenters. The SMILES string of the molecule is CONC(=O)C1=CC[C@@H](NC(=O)C2(C)CC(c3cccc(F)c3)=NO2)C1. The van der Waals surface area contributed by atoms with Gasteiger partial charge in [0.15, 0.2) is 0 Å². The number of halogens is 1. The zero-order valence-electron chi connectivity index (χ0n) is 14.5. The van der Waals surface area contributed by atoms with Gasteiger partial charge in [0.25, 0.3) is 11.8 Å². The summed E-state index contributed by atoms with van der Waals surface area (Å²) in [6.45, 7) is 1.64. The number of carbonyl (C=O) groups excluding carboxylic acids is 2. The highest BCUT2D eigenvalue weighted by Gasteiger charge is 2.43. The van der Waals surface area contributed by atoms with E-state index in [0.29, 0.717) is 29.7 Å². The lowest BCUT2D eigenvalue weighted by Gasteiger charge is -2.23. The predicted octanol–water partition coefficient (Wildman–Crippen LogP) is 1.59. The predicted molar refractivity (Wildman–Crippen MR) is 91.4 cm³/mol. The van der Waals surface area contributed by atoms with Gasteiger partial charge in [-0.1, -0.05) is 23.4 Å². The fourth-order valence-electron chi connectivity index (χ4n) is 2.99. The maximum Gasteiger partial charge on any atom is 0.270 e. The Kier molecular flexibility index (Phi) is 5.03. The molecule has 3 rings (SSSR count). The van der Waals surface area contributed by atoms with Gasteiger partial charge in [0, 0.05) is 23.6 Å². The molecule has 2 N–H and O–H groups in total. The van der Waals surface area contributed by atoms with E-state index < -0.39 is 5.60 Å². The van der Waals surface area contributed by atoms with E-state index in [1.165, 1.54) is 19.2 Å². The van der Waals surface area contributed by atoms with Gasteiger partial charge in [-0.2, -0.15) is 0 Å². The van der Waals surface area contributed by atoms with Crippen LogP contribution < -0.4 is 10.8 Å². The third-order valence-corrected chi connectivity index (χ3v) is 4.44. The van der Waals surface area contributed by atoms with Gasteiger partial charge in [-0.3, -0.25) is 14.4 Å². The molecule has 1 aromatic carbocycles. The van der Waals surface area contributed by atoms with Crippen molar-refractivity contribution in [2.45, 2.75) is 37.8 Å². The van der Waals surface area contributed by atoms with Crippen molar-refractivity contribution in [3.63, 3.8) is 0 Å². The highest BCUT2D eigenvalue weighted by molar-refractivity contribution is 6.05. The summed E-state index contributed by atoms with van der Waals surface area (Å²) in [5.74, 6) is -1.01. The second-order valence-electron chi connectivity index (χ2n) is 6.52. The Morgan fingerprint density at radius 3 is 2.96 bits per heavy atom. The summed E-state index contributed by atoms with van der Waals surface area (Å²) in [5.41, 5.74) is 2.76. The van der Waals surface area contributed by atoms with Crippen molar-refractivity contribution >= 4 is 17.5 Å². The molecule has 0 spiro atoms. The minimum absolute atomic E-state index is 0.196. The summed E-state index contributed by atoms with van der Waals surface area (Å²) in [7, 11) is 1.36. The molecule has 8 heteroatoms. The van der Waals surface area contributed by atoms with Crippen LogP contribution in [0.2, 0.25) is 0 Å². The number of oxime groups is 1. The molecule has 0 fully saturated rings. The lowest BCUT2D eigenvalue weighted by Crippen LogP contribution is -2.48. The van der Waals surface area contributed by atoms with Gasteiger partial charge in [0.05, 0.1) is 12.8 Å². The number of carbonyl (C=O) groups is 2. The van der Waals surface area contributed by atoms with E-state index in [-0.39, 0.29) is 30.1 Å². The van der Waals surface area contributed by atoms with Crippen LogP contribution in [0.25, 0.3) is 0 Å². The van der Waals surface area contributed by atoms with Crippen LogP contribution in [0.5, 0.6) is 0 Å². The van der Waals surface area contributed by atoms with Gasteiger partial charge < -0.3 is 10.2 Å². The van der Waals surface area contributed by atoms with E-state index in [4.69, 9.17) is 4.84 Å². The molecular formula is C18H20FN3O4. The van der Waals surface area contributed by atoms with Crippen molar-refractivity contribution in [2.75, 3.05) is 7.11 Å². The van der Waals surface area contributed by atoms with Gasteiger partial charge in [-0.05, 0) is 31.9 Å². The average Bonchev–Trinajstić information content (AvgIpc) is 3.23. The fraction of sp³-hybridized carbons (Fsp3) is 0.389. The third kappa shape index (κ3) is 3.75. The van der Waals surface area contributed by atoms with E-state index in [1.807, 2.05) is 0 Å². The fourth-order valence-corrected chi connectivity index (χ4v) is 2.99. The number of nitrogens with zero attached hydrogens (tertiary/aromatic N) is 1. The van der Waals surface area contributed by atoms with Gasteiger partial charge in [-0.15, -0.1) is 0 Å². The Balaban J connectivity index is 1.57. The van der Waals surface area contributed by atoms with Crippen LogP contribution in [0.15, 0.2) is 41.1 Å². The zero-order valence-corrected chi connectivity index (χ0v) is 14.5. The van der Waals surface area contributed by atoms with Crippen molar-refractivity contribution in [1.29, 1.82) is 0 Å². The zero-order chi connectivity index (χ0) is 18.7. The van der Waals surface area contributed by atoms with Crippen LogP contribution in [0.3, 0.4) is 0 Å². The second kappa shape index (κ2) is 7.25. The minimum atomic E-state index is -1.17. The lowest BCUT2D eigenvalue weighted by molar-refractivity contribution is -0.142. The van der Waals surface area contributed by atoms with Gasteiger partial charge in [0.2, 0.25) is 5.60 Å². The first kappa shape index (κ1) is 18.1. The molecule has 0 saturated carbocycles. The summed E-state index contributed by atoms with van der Waals surface area (Å²) < 4.78 is 13.4. The molecule has 2 amide bonds. The van der Waals surface area contributed by atoms with E-state index in [9.17, 15) is 14.0 Å². The normalized spacial score (nSPS) is 24.5. The number of benzene rings is 1. The summed E-state index contributed by atoms with van der Waals surface area (Å²) in [5, 5.41) is 6.85. The van der Waals surface area contributed by atoms with E-state index >= 15 is 0 Å².